The maximum atomic E-state index is 12.5. The van der Waals surface area contributed by atoms with Gasteiger partial charge in [-0.2, -0.15) is 5.10 Å². The van der Waals surface area contributed by atoms with E-state index in [0.717, 1.165) is 11.8 Å². The molecule has 2 aromatic rings. The number of fused-ring (bicyclic) bond motifs is 1. The van der Waals surface area contributed by atoms with Crippen molar-refractivity contribution in [1.82, 2.24) is 9.78 Å². The van der Waals surface area contributed by atoms with Gasteiger partial charge in [-0.1, -0.05) is 0 Å². The number of ketones is 1. The molecule has 2 heterocycles. The molecule has 0 saturated carbocycles. The molecule has 0 unspecified atom stereocenters. The van der Waals surface area contributed by atoms with E-state index < -0.39 is 5.97 Å². The van der Waals surface area contributed by atoms with Crippen molar-refractivity contribution >= 4 is 29.4 Å². The zero-order valence-electron chi connectivity index (χ0n) is 11.6. The molecule has 3 rings (SSSR count). The Bertz CT molecular complexity index is 772. The van der Waals surface area contributed by atoms with Crippen LogP contribution < -0.4 is 0 Å². The highest BCUT2D eigenvalue weighted by Gasteiger charge is 2.30. The first-order valence-electron chi connectivity index (χ1n) is 6.77. The molecule has 1 N–H and O–H groups in total. The second-order valence-corrected chi connectivity index (χ2v) is 5.36. The van der Waals surface area contributed by atoms with Crippen LogP contribution in [0, 0.1) is 0 Å². The number of halogens is 1. The third kappa shape index (κ3) is 2.57. The van der Waals surface area contributed by atoms with E-state index in [4.69, 9.17) is 21.1 Å². The molecule has 0 bridgehead atoms. The summed E-state index contributed by atoms with van der Waals surface area (Å²) in [7, 11) is 0. The lowest BCUT2D eigenvalue weighted by Gasteiger charge is -2.12. The van der Waals surface area contributed by atoms with Crippen LogP contribution in [0.3, 0.4) is 0 Å². The van der Waals surface area contributed by atoms with Crippen LogP contribution in [-0.2, 0) is 13.0 Å². The summed E-state index contributed by atoms with van der Waals surface area (Å²) >= 11 is 5.65. The predicted octanol–water partition coefficient (Wildman–Crippen LogP) is 2.63. The van der Waals surface area contributed by atoms with E-state index in [-0.39, 0.29) is 16.9 Å². The summed E-state index contributed by atoms with van der Waals surface area (Å²) < 4.78 is 6.89. The van der Waals surface area contributed by atoms with Gasteiger partial charge in [0.25, 0.3) is 0 Å². The van der Waals surface area contributed by atoms with Gasteiger partial charge in [0.2, 0.25) is 0 Å². The van der Waals surface area contributed by atoms with Gasteiger partial charge in [0.1, 0.15) is 17.6 Å². The largest absolute Gasteiger partial charge is 0.478 e. The first-order chi connectivity index (χ1) is 10.6. The maximum absolute atomic E-state index is 12.5. The van der Waals surface area contributed by atoms with Gasteiger partial charge in [0.15, 0.2) is 5.78 Å². The quantitative estimate of drug-likeness (QED) is 0.691. The molecule has 1 aliphatic carbocycles. The van der Waals surface area contributed by atoms with Crippen molar-refractivity contribution in [2.45, 2.75) is 19.4 Å². The number of alkyl halides is 1. The third-order valence-corrected chi connectivity index (χ3v) is 3.71. The minimum absolute atomic E-state index is 0.0802. The van der Waals surface area contributed by atoms with Crippen LogP contribution in [0.4, 0.5) is 0 Å². The number of carbonyl (C=O) groups excluding carboxylic acids is 1. The molecule has 1 aliphatic rings. The van der Waals surface area contributed by atoms with E-state index in [1.54, 1.807) is 23.2 Å². The smallest absolute Gasteiger partial charge is 0.339 e. The van der Waals surface area contributed by atoms with Crippen LogP contribution >= 0.6 is 11.6 Å². The number of rotatable bonds is 4. The summed E-state index contributed by atoms with van der Waals surface area (Å²) in [6.07, 6.45) is 7.34. The van der Waals surface area contributed by atoms with Gasteiger partial charge < -0.3 is 9.52 Å². The number of allylic oxidation sites excluding steroid dienone is 1. The van der Waals surface area contributed by atoms with Crippen molar-refractivity contribution in [3.05, 3.63) is 46.7 Å². The van der Waals surface area contributed by atoms with Gasteiger partial charge in [-0.15, -0.1) is 11.6 Å². The average molecular weight is 321 g/mol. The number of aromatic nitrogens is 2. The minimum atomic E-state index is -1.16. The van der Waals surface area contributed by atoms with Crippen molar-refractivity contribution in [3.63, 3.8) is 0 Å². The van der Waals surface area contributed by atoms with Crippen molar-refractivity contribution < 1.29 is 19.1 Å². The summed E-state index contributed by atoms with van der Waals surface area (Å²) in [5, 5.41) is 13.3. The number of carboxylic acids is 1. The van der Waals surface area contributed by atoms with Crippen LogP contribution in [0.2, 0.25) is 0 Å². The Morgan fingerprint density at radius 1 is 1.50 bits per heavy atom. The molecular weight excluding hydrogens is 308 g/mol. The Labute approximate surface area is 131 Å². The average Bonchev–Trinajstić information content (AvgIpc) is 3.09. The number of nitrogens with zero attached hydrogens (tertiary/aromatic N) is 2. The SMILES string of the molecule is O=C(O)c1coc2c1C(=O)/C(=C/c1cnn(CCCl)c1)CC2. The summed E-state index contributed by atoms with van der Waals surface area (Å²) in [6.45, 7) is 0.591. The van der Waals surface area contributed by atoms with E-state index >= 15 is 0 Å². The third-order valence-electron chi connectivity index (χ3n) is 3.55. The molecule has 0 aromatic carbocycles. The fourth-order valence-corrected chi connectivity index (χ4v) is 2.69. The Morgan fingerprint density at radius 2 is 2.32 bits per heavy atom. The van der Waals surface area contributed by atoms with Crippen LogP contribution in [0.5, 0.6) is 0 Å². The predicted molar refractivity (Wildman–Crippen MR) is 79.2 cm³/mol. The standard InChI is InChI=1S/C15H13ClN2O4/c16-3-4-18-7-9(6-17-18)5-10-1-2-12-13(14(10)19)11(8-22-12)15(20)21/h5-8H,1-4H2,(H,20,21)/b10-5+. The number of Topliss-reactive ketones (excluding diaryl/α,β-unsaturated/α-hetero) is 1. The minimum Gasteiger partial charge on any atom is -0.478 e. The number of carbonyl (C=O) groups is 2. The van der Waals surface area contributed by atoms with Gasteiger partial charge in [0, 0.05) is 29.6 Å². The highest BCUT2D eigenvalue weighted by molar-refractivity contribution is 6.18. The van der Waals surface area contributed by atoms with E-state index in [0.29, 0.717) is 36.6 Å². The van der Waals surface area contributed by atoms with Crippen molar-refractivity contribution in [1.29, 1.82) is 0 Å². The Kier molecular flexibility index (Phi) is 3.85. The second kappa shape index (κ2) is 5.81. The first-order valence-corrected chi connectivity index (χ1v) is 7.31. The number of aryl methyl sites for hydroxylation is 2. The van der Waals surface area contributed by atoms with E-state index in [2.05, 4.69) is 5.10 Å². The van der Waals surface area contributed by atoms with Gasteiger partial charge in [-0.05, 0) is 12.5 Å². The van der Waals surface area contributed by atoms with Crippen LogP contribution in [-0.4, -0.2) is 32.5 Å². The molecule has 0 saturated heterocycles. The topological polar surface area (TPSA) is 85.3 Å². The summed E-state index contributed by atoms with van der Waals surface area (Å²) in [4.78, 5) is 23.7. The Balaban J connectivity index is 1.92. The number of furan rings is 1. The first kappa shape index (κ1) is 14.6. The monoisotopic (exact) mass is 320 g/mol. The zero-order chi connectivity index (χ0) is 15.7. The molecule has 7 heteroatoms. The fraction of sp³-hybridized carbons (Fsp3) is 0.267. The molecule has 6 nitrogen and oxygen atoms in total. The Morgan fingerprint density at radius 3 is 3.05 bits per heavy atom. The van der Waals surface area contributed by atoms with Gasteiger partial charge in [-0.3, -0.25) is 9.48 Å². The molecule has 0 amide bonds. The highest BCUT2D eigenvalue weighted by Crippen LogP contribution is 2.30. The number of aromatic carboxylic acids is 1. The lowest BCUT2D eigenvalue weighted by molar-refractivity contribution is 0.0692. The molecule has 0 spiro atoms. The number of hydrogen-bond acceptors (Lipinski definition) is 4. The summed E-state index contributed by atoms with van der Waals surface area (Å²) in [6, 6.07) is 0. The van der Waals surface area contributed by atoms with Gasteiger partial charge in [0.05, 0.1) is 18.3 Å². The van der Waals surface area contributed by atoms with Gasteiger partial charge in [-0.25, -0.2) is 4.79 Å². The van der Waals surface area contributed by atoms with Crippen molar-refractivity contribution in [2.75, 3.05) is 5.88 Å². The van der Waals surface area contributed by atoms with E-state index in [1.807, 2.05) is 0 Å². The lowest BCUT2D eigenvalue weighted by Crippen LogP contribution is -2.15. The molecule has 2 aromatic heterocycles. The summed E-state index contributed by atoms with van der Waals surface area (Å²) in [5.74, 6) is -0.554. The molecule has 0 fully saturated rings. The normalized spacial score (nSPS) is 16.0. The number of hydrogen-bond donors (Lipinski definition) is 1. The van der Waals surface area contributed by atoms with E-state index in [1.165, 1.54) is 0 Å². The van der Waals surface area contributed by atoms with Crippen LogP contribution in [0.15, 0.2) is 28.6 Å². The number of carboxylic acid groups (broad SMARTS) is 1. The van der Waals surface area contributed by atoms with Crippen molar-refractivity contribution in [3.8, 4) is 0 Å². The lowest BCUT2D eigenvalue weighted by atomic mass is 9.89. The molecule has 22 heavy (non-hydrogen) atoms. The van der Waals surface area contributed by atoms with Gasteiger partial charge >= 0.3 is 5.97 Å². The maximum Gasteiger partial charge on any atom is 0.339 e. The summed E-state index contributed by atoms with van der Waals surface area (Å²) in [5.41, 5.74) is 1.43. The zero-order valence-corrected chi connectivity index (χ0v) is 12.3. The Hall–Kier alpha value is -2.34. The fourth-order valence-electron chi connectivity index (χ4n) is 2.51. The molecular formula is C15H13ClN2O4. The second-order valence-electron chi connectivity index (χ2n) is 4.98. The highest BCUT2D eigenvalue weighted by atomic mass is 35.5. The molecule has 0 aliphatic heterocycles. The van der Waals surface area contributed by atoms with Crippen molar-refractivity contribution in [2.24, 2.45) is 0 Å². The molecule has 0 radical (unpaired) electrons. The molecule has 0 atom stereocenters. The van der Waals surface area contributed by atoms with Crippen LogP contribution in [0.1, 0.15) is 38.5 Å². The van der Waals surface area contributed by atoms with E-state index in [9.17, 15) is 9.59 Å². The van der Waals surface area contributed by atoms with Crippen LogP contribution in [0.25, 0.3) is 6.08 Å². The molecule has 114 valence electrons.